The number of rotatable bonds is 14. The van der Waals surface area contributed by atoms with Gasteiger partial charge in [-0.1, -0.05) is 49.4 Å². The third kappa shape index (κ3) is 5.22. The predicted octanol–water partition coefficient (Wildman–Crippen LogP) is 4.09. The topological polar surface area (TPSA) is 106 Å². The summed E-state index contributed by atoms with van der Waals surface area (Å²) >= 11 is 0. The number of esters is 1. The average Bonchev–Trinajstić information content (AvgIpc) is 3.66. The van der Waals surface area contributed by atoms with Crippen LogP contribution in [0.5, 0.6) is 5.75 Å². The molecule has 2 amide bonds. The summed E-state index contributed by atoms with van der Waals surface area (Å²) in [5.74, 6) is -2.38. The van der Waals surface area contributed by atoms with Gasteiger partial charge in [-0.3, -0.25) is 14.4 Å². The zero-order chi connectivity index (χ0) is 31.5. The van der Waals surface area contributed by atoms with Crippen molar-refractivity contribution < 1.29 is 33.7 Å². The van der Waals surface area contributed by atoms with Crippen LogP contribution in [0.1, 0.15) is 38.2 Å². The van der Waals surface area contributed by atoms with Gasteiger partial charge in [0.25, 0.3) is 5.91 Å². The molecule has 5 rings (SSSR count). The fourth-order valence-corrected chi connectivity index (χ4v) is 7.52. The van der Waals surface area contributed by atoms with Gasteiger partial charge < -0.3 is 29.1 Å². The number of fused-ring (bicyclic) bond motifs is 1. The molecule has 3 heterocycles. The van der Waals surface area contributed by atoms with Crippen LogP contribution >= 0.6 is 0 Å². The van der Waals surface area contributed by atoms with Crippen molar-refractivity contribution >= 4 is 23.5 Å². The van der Waals surface area contributed by atoms with E-state index in [0.717, 1.165) is 5.56 Å². The molecule has 3 aliphatic rings. The minimum Gasteiger partial charge on any atom is -0.497 e. The lowest BCUT2D eigenvalue weighted by Crippen LogP contribution is -2.59. The van der Waals surface area contributed by atoms with E-state index in [1.807, 2.05) is 37.3 Å². The fourth-order valence-electron chi connectivity index (χ4n) is 7.52. The van der Waals surface area contributed by atoms with Crippen LogP contribution in [-0.2, 0) is 30.3 Å². The van der Waals surface area contributed by atoms with Crippen molar-refractivity contribution in [3.05, 3.63) is 85.5 Å². The second-order valence-corrected chi connectivity index (χ2v) is 11.8. The van der Waals surface area contributed by atoms with Crippen LogP contribution in [0.25, 0.3) is 0 Å². The quantitative estimate of drug-likeness (QED) is 0.197. The first-order valence-corrected chi connectivity index (χ1v) is 15.3. The van der Waals surface area contributed by atoms with Crippen LogP contribution in [0.15, 0.2) is 79.9 Å². The normalized spacial score (nSPS) is 27.5. The summed E-state index contributed by atoms with van der Waals surface area (Å²) in [7, 11) is 1.57. The number of carbonyl (C=O) groups excluding carboxylic acids is 3. The van der Waals surface area contributed by atoms with Crippen molar-refractivity contribution in [2.45, 2.75) is 62.3 Å². The van der Waals surface area contributed by atoms with E-state index in [9.17, 15) is 19.5 Å². The minimum absolute atomic E-state index is 0.149. The van der Waals surface area contributed by atoms with E-state index in [1.54, 1.807) is 48.4 Å². The van der Waals surface area contributed by atoms with E-state index >= 15 is 0 Å². The number of ether oxygens (including phenoxy) is 3. The summed E-state index contributed by atoms with van der Waals surface area (Å²) in [5.41, 5.74) is -0.672. The van der Waals surface area contributed by atoms with Gasteiger partial charge in [-0.15, -0.1) is 13.2 Å². The Kier molecular flexibility index (Phi) is 9.27. The monoisotopic (exact) mass is 602 g/mol. The average molecular weight is 603 g/mol. The molecular weight excluding hydrogens is 560 g/mol. The van der Waals surface area contributed by atoms with Crippen LogP contribution < -0.4 is 9.64 Å². The molecule has 2 aromatic rings. The number of benzene rings is 2. The van der Waals surface area contributed by atoms with Crippen LogP contribution in [-0.4, -0.2) is 77.9 Å². The maximum atomic E-state index is 14.9. The highest BCUT2D eigenvalue weighted by Gasteiger charge is 2.79. The first-order valence-electron chi connectivity index (χ1n) is 15.3. The summed E-state index contributed by atoms with van der Waals surface area (Å²) in [6.45, 7) is 9.48. The third-order valence-electron chi connectivity index (χ3n) is 9.55. The number of aliphatic hydroxyl groups excluding tert-OH is 1. The molecule has 2 aromatic carbocycles. The molecule has 44 heavy (non-hydrogen) atoms. The molecule has 9 nitrogen and oxygen atoms in total. The number of nitrogens with zero attached hydrogens (tertiary/aromatic N) is 2. The Morgan fingerprint density at radius 3 is 2.48 bits per heavy atom. The number of anilines is 1. The molecule has 0 saturated carbocycles. The maximum absolute atomic E-state index is 14.9. The van der Waals surface area contributed by atoms with Gasteiger partial charge in [0, 0.05) is 12.2 Å². The second kappa shape index (κ2) is 13.0. The zero-order valence-corrected chi connectivity index (χ0v) is 25.5. The molecule has 9 heteroatoms. The first kappa shape index (κ1) is 31.5. The summed E-state index contributed by atoms with van der Waals surface area (Å²) < 4.78 is 17.9. The van der Waals surface area contributed by atoms with Gasteiger partial charge in [-0.2, -0.15) is 0 Å². The number of likely N-dealkylation sites (tertiary alicyclic amines) is 1. The van der Waals surface area contributed by atoms with E-state index in [0.29, 0.717) is 43.5 Å². The van der Waals surface area contributed by atoms with Crippen molar-refractivity contribution in [3.8, 4) is 5.75 Å². The number of carbonyl (C=O) groups is 3. The Morgan fingerprint density at radius 1 is 1.14 bits per heavy atom. The lowest BCUT2D eigenvalue weighted by Gasteiger charge is -2.39. The largest absolute Gasteiger partial charge is 0.497 e. The molecule has 0 aliphatic carbocycles. The maximum Gasteiger partial charge on any atom is 0.312 e. The molecule has 2 unspecified atom stereocenters. The van der Waals surface area contributed by atoms with E-state index in [4.69, 9.17) is 14.2 Å². The van der Waals surface area contributed by atoms with Gasteiger partial charge in [-0.05, 0) is 61.9 Å². The molecular formula is C35H42N2O7. The lowest BCUT2D eigenvalue weighted by molar-refractivity contribution is -0.162. The molecule has 3 fully saturated rings. The SMILES string of the molecule is C=CCCOC(=O)[C@@H]1[C@H]2C(=O)N([C@@H](CO)Cc3ccccc3)C(C(=O)N(CC=C)c3ccc(OC)cc3)C23CC[C@@]1(CC)O3. The number of amides is 2. The first-order chi connectivity index (χ1) is 21.3. The highest BCUT2D eigenvalue weighted by atomic mass is 16.6. The predicted molar refractivity (Wildman–Crippen MR) is 166 cm³/mol. The summed E-state index contributed by atoms with van der Waals surface area (Å²) in [5, 5.41) is 10.7. The molecule has 6 atom stereocenters. The van der Waals surface area contributed by atoms with E-state index in [1.165, 1.54) is 4.90 Å². The molecule has 0 aromatic heterocycles. The molecule has 3 aliphatic heterocycles. The minimum atomic E-state index is -1.26. The van der Waals surface area contributed by atoms with Crippen molar-refractivity contribution in [1.29, 1.82) is 0 Å². The number of methoxy groups -OCH3 is 1. The number of hydrogen-bond acceptors (Lipinski definition) is 7. The van der Waals surface area contributed by atoms with Gasteiger partial charge in [-0.25, -0.2) is 0 Å². The van der Waals surface area contributed by atoms with Crippen LogP contribution in [0.4, 0.5) is 5.69 Å². The molecule has 2 bridgehead atoms. The lowest BCUT2D eigenvalue weighted by atomic mass is 9.65. The Labute approximate surface area is 259 Å². The van der Waals surface area contributed by atoms with E-state index in [2.05, 4.69) is 13.2 Å². The number of aliphatic hydroxyl groups is 1. The third-order valence-corrected chi connectivity index (χ3v) is 9.55. The summed E-state index contributed by atoms with van der Waals surface area (Å²) in [6, 6.07) is 14.8. The van der Waals surface area contributed by atoms with Gasteiger partial charge in [0.15, 0.2) is 0 Å². The van der Waals surface area contributed by atoms with Gasteiger partial charge >= 0.3 is 5.97 Å². The molecule has 3 saturated heterocycles. The van der Waals surface area contributed by atoms with Crippen molar-refractivity contribution in [3.63, 3.8) is 0 Å². The Balaban J connectivity index is 1.61. The second-order valence-electron chi connectivity index (χ2n) is 11.8. The number of hydrogen-bond donors (Lipinski definition) is 1. The van der Waals surface area contributed by atoms with Crippen LogP contribution in [0.3, 0.4) is 0 Å². The molecule has 234 valence electrons. The molecule has 0 radical (unpaired) electrons. The van der Waals surface area contributed by atoms with Crippen LogP contribution in [0, 0.1) is 11.8 Å². The van der Waals surface area contributed by atoms with Gasteiger partial charge in [0.2, 0.25) is 5.91 Å². The van der Waals surface area contributed by atoms with Crippen molar-refractivity contribution in [2.75, 3.05) is 31.8 Å². The van der Waals surface area contributed by atoms with Crippen molar-refractivity contribution in [1.82, 2.24) is 4.90 Å². The Hall–Kier alpha value is -3.95. The highest BCUT2D eigenvalue weighted by Crippen LogP contribution is 2.65. The van der Waals surface area contributed by atoms with E-state index < -0.39 is 41.1 Å². The smallest absolute Gasteiger partial charge is 0.312 e. The zero-order valence-electron chi connectivity index (χ0n) is 25.5. The van der Waals surface area contributed by atoms with E-state index in [-0.39, 0.29) is 31.6 Å². The molecule has 1 spiro atoms. The fraction of sp³-hybridized carbons (Fsp3) is 0.457. The van der Waals surface area contributed by atoms with Gasteiger partial charge in [0.1, 0.15) is 23.3 Å². The Bertz CT molecular complexity index is 1380. The Morgan fingerprint density at radius 2 is 1.86 bits per heavy atom. The van der Waals surface area contributed by atoms with Crippen LogP contribution in [0.2, 0.25) is 0 Å². The molecule has 1 N–H and O–H groups in total. The van der Waals surface area contributed by atoms with Crippen molar-refractivity contribution in [2.24, 2.45) is 11.8 Å². The van der Waals surface area contributed by atoms with Gasteiger partial charge in [0.05, 0.1) is 37.9 Å². The highest BCUT2D eigenvalue weighted by molar-refractivity contribution is 6.05. The summed E-state index contributed by atoms with van der Waals surface area (Å²) in [4.78, 5) is 46.4. The summed E-state index contributed by atoms with van der Waals surface area (Å²) in [6.07, 6.45) is 5.54. The standard InChI is InChI=1S/C35H42N2O7/c1-5-8-21-43-33(41)29-28-31(39)37(26(23-38)22-24-12-10-9-11-13-24)30(35(28)19-18-34(29,7-3)44-35)32(40)36(20-6-2)25-14-16-27(42-4)17-15-25/h5-6,9-17,26,28-30,38H,1-2,7-8,18-23H2,3-4H3/t26-,28+,29+,30?,34-,35?/m1/s1.